The van der Waals surface area contributed by atoms with Gasteiger partial charge in [-0.25, -0.2) is 64.0 Å². The Bertz CT molecular complexity index is 5600. The molecule has 2 aliphatic carbocycles. The van der Waals surface area contributed by atoms with Crippen molar-refractivity contribution in [2.45, 2.75) is 152 Å². The van der Waals surface area contributed by atoms with Crippen LogP contribution in [0.15, 0.2) is 193 Å². The molecule has 636 valence electrons. The lowest BCUT2D eigenvalue weighted by atomic mass is 9.84. The van der Waals surface area contributed by atoms with Gasteiger partial charge in [0.15, 0.2) is 0 Å². The first-order chi connectivity index (χ1) is 60.5. The van der Waals surface area contributed by atoms with E-state index < -0.39 is 0 Å². The lowest BCUT2D eigenvalue weighted by molar-refractivity contribution is 0.114. The molecule has 9 aromatic heterocycles. The number of fused-ring (bicyclic) bond motifs is 4. The van der Waals surface area contributed by atoms with E-state index in [4.69, 9.17) is 9.47 Å². The third kappa shape index (κ3) is 22.0. The second-order valence-corrected chi connectivity index (χ2v) is 35.6. The van der Waals surface area contributed by atoms with Crippen molar-refractivity contribution in [1.82, 2.24) is 66.1 Å². The van der Waals surface area contributed by atoms with Crippen molar-refractivity contribution in [3.63, 3.8) is 0 Å². The third-order valence-corrected chi connectivity index (χ3v) is 27.3. The summed E-state index contributed by atoms with van der Waals surface area (Å²) in [6, 6.07) is 45.2. The quantitative estimate of drug-likeness (QED) is 0.0396. The fourth-order valence-electron chi connectivity index (χ4n) is 16.8. The Morgan fingerprint density at radius 1 is 0.317 bits per heavy atom. The van der Waals surface area contributed by atoms with E-state index >= 15 is 0 Å². The normalized spacial score (nSPS) is 16.9. The van der Waals surface area contributed by atoms with Gasteiger partial charge in [-0.3, -0.25) is 0 Å². The molecule has 5 aliphatic heterocycles. The molecule has 32 heteroatoms. The number of aromatic nitrogens is 9. The highest BCUT2D eigenvalue weighted by Crippen LogP contribution is 2.37. The number of piperidine rings is 4. The second-order valence-electron chi connectivity index (χ2n) is 32.0. The largest absolute Gasteiger partial charge is 0.474 e. The minimum atomic E-state index is -0.203. The second kappa shape index (κ2) is 40.7. The maximum Gasteiger partial charge on any atom is 0.319 e. The van der Waals surface area contributed by atoms with Crippen LogP contribution in [0.25, 0.3) is 40.9 Å². The van der Waals surface area contributed by atoms with E-state index in [1.54, 1.807) is 82.9 Å². The van der Waals surface area contributed by atoms with Crippen molar-refractivity contribution in [1.29, 1.82) is 0 Å². The molecule has 8 N–H and O–H groups in total. The molecule has 2 saturated carbocycles. The van der Waals surface area contributed by atoms with Gasteiger partial charge in [0.25, 0.3) is 0 Å². The molecule has 20 rings (SSSR count). The zero-order chi connectivity index (χ0) is 83.5. The van der Waals surface area contributed by atoms with Crippen LogP contribution < -0.4 is 76.5 Å². The number of hydrogen-bond donors (Lipinski definition) is 8. The third-order valence-electron chi connectivity index (χ3n) is 23.7. The van der Waals surface area contributed by atoms with Gasteiger partial charge in [-0.2, -0.15) is 0 Å². The average molecular weight is 1730 g/mol. The molecule has 5 saturated heterocycles. The first-order valence-corrected chi connectivity index (χ1v) is 46.5. The first-order valence-electron chi connectivity index (χ1n) is 42.9. The number of ether oxygens (including phenoxy) is 2. The summed E-state index contributed by atoms with van der Waals surface area (Å²) < 4.78 is 16.1. The summed E-state index contributed by atoms with van der Waals surface area (Å²) in [6.45, 7) is 9.15. The van der Waals surface area contributed by atoms with Crippen LogP contribution in [0, 0.1) is 0 Å². The van der Waals surface area contributed by atoms with Gasteiger partial charge in [0.1, 0.15) is 66.2 Å². The fourth-order valence-corrected chi connectivity index (χ4v) is 20.2. The van der Waals surface area contributed by atoms with Crippen LogP contribution >= 0.6 is 45.3 Å². The number of nitrogens with one attached hydrogen (secondary N) is 8. The fraction of sp³-hybridized carbons (Fsp3) is 0.374. The van der Waals surface area contributed by atoms with Gasteiger partial charge in [0.2, 0.25) is 5.88 Å². The van der Waals surface area contributed by atoms with Gasteiger partial charge in [0, 0.05) is 118 Å². The maximum absolute atomic E-state index is 12.5. The maximum atomic E-state index is 12.5. The topological polar surface area (TPSA) is 315 Å². The van der Waals surface area contributed by atoms with Crippen LogP contribution in [0.4, 0.5) is 70.9 Å². The Labute approximate surface area is 730 Å². The molecule has 4 aromatic carbocycles. The van der Waals surface area contributed by atoms with Gasteiger partial charge in [-0.15, -0.1) is 45.3 Å². The monoisotopic (exact) mass is 1730 g/mol. The van der Waals surface area contributed by atoms with Gasteiger partial charge >= 0.3 is 24.1 Å². The van der Waals surface area contributed by atoms with Crippen LogP contribution in [0.2, 0.25) is 0 Å². The number of para-hydroxylation sites is 1. The van der Waals surface area contributed by atoms with Crippen molar-refractivity contribution in [2.24, 2.45) is 0 Å². The van der Waals surface area contributed by atoms with Gasteiger partial charge < -0.3 is 76.5 Å². The minimum absolute atomic E-state index is 0.119. The van der Waals surface area contributed by atoms with E-state index in [-0.39, 0.29) is 48.3 Å². The summed E-state index contributed by atoms with van der Waals surface area (Å²) in [7, 11) is 0. The summed E-state index contributed by atoms with van der Waals surface area (Å²) >= 11 is 6.70. The van der Waals surface area contributed by atoms with E-state index in [0.29, 0.717) is 23.6 Å². The number of urea groups is 4. The lowest BCUT2D eigenvalue weighted by Gasteiger charge is -2.33. The molecule has 0 unspecified atom stereocenters. The first kappa shape index (κ1) is 83.1. The van der Waals surface area contributed by atoms with E-state index in [9.17, 15) is 19.2 Å². The predicted molar refractivity (Wildman–Crippen MR) is 495 cm³/mol. The Morgan fingerprint density at radius 2 is 0.675 bits per heavy atom. The Hall–Kier alpha value is -12.1. The van der Waals surface area contributed by atoms with Gasteiger partial charge in [-0.1, -0.05) is 49.6 Å². The lowest BCUT2D eigenvalue weighted by Crippen LogP contribution is -2.46. The Balaban J connectivity index is 0.000000116. The number of thiophene rings is 4. The standard InChI is InChI=1S/C24H23N5O2S.C24H29N5OS.C22H26N6OS.C21H24N6O2S/c30-24(27-17-6-8-20(9-7-17)31-19-4-2-1-3-5-19)28-18-10-13-29(14-11-18)23-22-21(12-15-32-22)25-16-26-23;30-24(27-19-8-6-18(7-9-19)17-4-2-1-3-5-17)28-20-10-13-29(14-11-20)23-22-21(12-15-31-22)25-16-26-23;29-22(25-16-3-5-18(6-4-16)27-10-1-2-11-27)26-17-7-12-28(13-8-17)21-20-19(9-14-30-20)23-15-24-21;28-21(26-15-4-5-18(22-12-15)29-16-2-1-3-16)25-14-6-9-27(10-7-14)20-19-17(8-11-30-19)23-13-24-20/h1-9,12,15-16,18H,10-11,13-14H2,(H2,27,28,30);6-9,12,15-17,20H,1-5,10-11,13-14H2,(H2,27,28,30);3-6,9,14-15,17H,1-2,7-8,10-13H2,(H2,25,26,29);4-5,8,11-14,16H,1-3,6-7,9-10H2,(H2,25,26,28). The van der Waals surface area contributed by atoms with Crippen molar-refractivity contribution < 1.29 is 28.7 Å². The number of carbonyl (C=O) groups is 4. The Morgan fingerprint density at radius 3 is 1.04 bits per heavy atom. The minimum Gasteiger partial charge on any atom is -0.474 e. The summed E-state index contributed by atoms with van der Waals surface area (Å²) in [4.78, 5) is 101. The van der Waals surface area contributed by atoms with Gasteiger partial charge in [0.05, 0.1) is 52.8 Å². The van der Waals surface area contributed by atoms with Crippen LogP contribution in [0.1, 0.15) is 127 Å². The van der Waals surface area contributed by atoms with Crippen LogP contribution in [-0.2, 0) is 0 Å². The van der Waals surface area contributed by atoms with Gasteiger partial charge in [-0.05, 0) is 232 Å². The zero-order valence-corrected chi connectivity index (χ0v) is 71.8. The molecule has 0 bridgehead atoms. The van der Waals surface area contributed by atoms with Crippen LogP contribution in [0.5, 0.6) is 17.4 Å². The number of nitrogens with zero attached hydrogens (tertiary/aromatic N) is 14. The average Bonchev–Trinajstić information content (AvgIpc) is 1.71. The van der Waals surface area contributed by atoms with E-state index in [1.165, 1.54) is 62.6 Å². The smallest absolute Gasteiger partial charge is 0.319 e. The molecular weight excluding hydrogens is 1630 g/mol. The number of anilines is 9. The van der Waals surface area contributed by atoms with Crippen molar-refractivity contribution >= 4 is 162 Å². The summed E-state index contributed by atoms with van der Waals surface area (Å²) in [6.07, 6.45) is 28.1. The van der Waals surface area contributed by atoms with Crippen molar-refractivity contribution in [3.8, 4) is 17.4 Å². The summed E-state index contributed by atoms with van der Waals surface area (Å²) in [5, 5.41) is 32.4. The number of rotatable bonds is 18. The van der Waals surface area contributed by atoms with E-state index in [1.807, 2.05) is 120 Å². The SMILES string of the molecule is O=C(Nc1ccc(C2CCCCC2)cc1)NC1CCN(c2ncnc3ccsc23)CC1.O=C(Nc1ccc(N2CCCC2)cc1)NC1CCN(c2ncnc3ccsc23)CC1.O=C(Nc1ccc(OC2CCC2)nc1)NC1CCN(c2ncnc3ccsc23)CC1.O=C(Nc1ccc(Oc2ccccc2)cc1)NC1CCN(c2ncnc3ccsc23)CC1. The molecule has 7 aliphatic rings. The van der Waals surface area contributed by atoms with Crippen molar-refractivity contribution in [2.75, 3.05) is 111 Å². The molecule has 14 heterocycles. The highest BCUT2D eigenvalue weighted by Gasteiger charge is 2.30. The molecule has 28 nitrogen and oxygen atoms in total. The number of carbonyl (C=O) groups excluding carboxylic acids is 4. The highest BCUT2D eigenvalue weighted by atomic mass is 32.1. The Kier molecular flexibility index (Phi) is 27.5. The molecule has 7 fully saturated rings. The predicted octanol–water partition coefficient (Wildman–Crippen LogP) is 18.7. The van der Waals surface area contributed by atoms with Crippen LogP contribution in [0.3, 0.4) is 0 Å². The van der Waals surface area contributed by atoms with Crippen molar-refractivity contribution in [3.05, 3.63) is 198 Å². The molecule has 0 radical (unpaired) electrons. The van der Waals surface area contributed by atoms with E-state index in [0.717, 1.165) is 222 Å². The molecule has 0 atom stereocenters. The molecule has 0 spiro atoms. The number of benzene rings is 4. The van der Waals surface area contributed by atoms with Crippen LogP contribution in [-0.4, -0.2) is 165 Å². The number of amides is 8. The molecule has 13 aromatic rings. The highest BCUT2D eigenvalue weighted by molar-refractivity contribution is 7.18. The molecular formula is C91H102N22O6S4. The molecule has 123 heavy (non-hydrogen) atoms. The summed E-state index contributed by atoms with van der Waals surface area (Å²) in [5.74, 6) is 6.81. The summed E-state index contributed by atoms with van der Waals surface area (Å²) in [5.41, 5.74) is 9.68. The zero-order valence-electron chi connectivity index (χ0n) is 68.6. The molecule has 8 amide bonds. The van der Waals surface area contributed by atoms with E-state index in [2.05, 4.69) is 147 Å². The number of hydrogen-bond acceptors (Lipinski definition) is 24. The number of pyridine rings is 1.